The van der Waals surface area contributed by atoms with E-state index in [1.165, 1.54) is 37.8 Å². The highest BCUT2D eigenvalue weighted by molar-refractivity contribution is 5.92. The van der Waals surface area contributed by atoms with E-state index < -0.39 is 0 Å². The van der Waals surface area contributed by atoms with E-state index in [0.29, 0.717) is 38.3 Å². The molecule has 2 amide bonds. The molecule has 0 bridgehead atoms. The van der Waals surface area contributed by atoms with Gasteiger partial charge in [-0.1, -0.05) is 25.7 Å². The van der Waals surface area contributed by atoms with Crippen LogP contribution in [0.1, 0.15) is 67.5 Å². The number of aryl methyl sites for hydroxylation is 2. The zero-order chi connectivity index (χ0) is 17.9. The summed E-state index contributed by atoms with van der Waals surface area (Å²) < 4.78 is 1.99. The first-order valence-electron chi connectivity index (χ1n) is 10.3. The Morgan fingerprint density at radius 1 is 0.962 bits per heavy atom. The topological polar surface area (TPSA) is 58.4 Å². The van der Waals surface area contributed by atoms with Gasteiger partial charge in [0, 0.05) is 44.8 Å². The number of hydrogen-bond acceptors (Lipinski definition) is 3. The van der Waals surface area contributed by atoms with Gasteiger partial charge in [0.2, 0.25) is 5.91 Å². The Bertz CT molecular complexity index is 631. The van der Waals surface area contributed by atoms with Crippen LogP contribution in [-0.2, 0) is 17.8 Å². The van der Waals surface area contributed by atoms with Crippen LogP contribution in [0, 0.1) is 5.92 Å². The van der Waals surface area contributed by atoms with Crippen molar-refractivity contribution in [3.05, 3.63) is 17.5 Å². The van der Waals surface area contributed by atoms with Crippen molar-refractivity contribution < 1.29 is 9.59 Å². The lowest BCUT2D eigenvalue weighted by Gasteiger charge is -2.34. The van der Waals surface area contributed by atoms with Crippen LogP contribution in [0.25, 0.3) is 0 Å². The largest absolute Gasteiger partial charge is 0.339 e. The molecule has 0 atom stereocenters. The highest BCUT2D eigenvalue weighted by Gasteiger charge is 2.27. The maximum atomic E-state index is 12.7. The van der Waals surface area contributed by atoms with Crippen LogP contribution in [0.5, 0.6) is 0 Å². The summed E-state index contributed by atoms with van der Waals surface area (Å²) in [6.45, 7) is 3.48. The summed E-state index contributed by atoms with van der Waals surface area (Å²) in [6, 6.07) is 1.96. The van der Waals surface area contributed by atoms with Gasteiger partial charge in [-0.3, -0.25) is 14.3 Å². The fraction of sp³-hybridized carbons (Fsp3) is 0.750. The van der Waals surface area contributed by atoms with Crippen LogP contribution in [-0.4, -0.2) is 57.6 Å². The number of amides is 2. The highest BCUT2D eigenvalue weighted by Crippen LogP contribution is 2.28. The Balaban J connectivity index is 1.26. The average molecular weight is 358 g/mol. The van der Waals surface area contributed by atoms with Crippen molar-refractivity contribution >= 4 is 11.8 Å². The molecule has 6 nitrogen and oxygen atoms in total. The predicted molar refractivity (Wildman–Crippen MR) is 98.8 cm³/mol. The molecule has 0 spiro atoms. The van der Waals surface area contributed by atoms with Gasteiger partial charge in [-0.05, 0) is 37.7 Å². The van der Waals surface area contributed by atoms with Gasteiger partial charge in [-0.15, -0.1) is 0 Å². The fourth-order valence-corrected chi connectivity index (χ4v) is 4.63. The van der Waals surface area contributed by atoms with Gasteiger partial charge in [0.15, 0.2) is 5.69 Å². The lowest BCUT2D eigenvalue weighted by Crippen LogP contribution is -2.50. The first-order chi connectivity index (χ1) is 12.7. The first kappa shape index (κ1) is 17.6. The molecule has 3 aliphatic rings. The molecule has 1 saturated carbocycles. The number of carbonyl (C=O) groups excluding carboxylic acids is 2. The Labute approximate surface area is 155 Å². The molecule has 4 rings (SSSR count). The predicted octanol–water partition coefficient (Wildman–Crippen LogP) is 2.47. The van der Waals surface area contributed by atoms with Crippen LogP contribution >= 0.6 is 0 Å². The van der Waals surface area contributed by atoms with Crippen molar-refractivity contribution in [3.63, 3.8) is 0 Å². The number of fused-ring (bicyclic) bond motifs is 1. The van der Waals surface area contributed by atoms with Crippen LogP contribution in [0.3, 0.4) is 0 Å². The number of aromatic nitrogens is 2. The third-order valence-corrected chi connectivity index (χ3v) is 6.30. The molecule has 6 heteroatoms. The quantitative estimate of drug-likeness (QED) is 0.831. The summed E-state index contributed by atoms with van der Waals surface area (Å²) in [7, 11) is 0. The molecule has 0 aromatic carbocycles. The Kier molecular flexibility index (Phi) is 5.27. The van der Waals surface area contributed by atoms with Crippen LogP contribution in [0.4, 0.5) is 0 Å². The van der Waals surface area contributed by atoms with E-state index in [4.69, 9.17) is 0 Å². The number of hydrogen-bond donors (Lipinski definition) is 0. The maximum Gasteiger partial charge on any atom is 0.274 e. The number of rotatable bonds is 4. The number of piperazine rings is 1. The molecule has 0 N–H and O–H groups in total. The molecule has 142 valence electrons. The summed E-state index contributed by atoms with van der Waals surface area (Å²) in [6.07, 6.45) is 10.3. The lowest BCUT2D eigenvalue weighted by atomic mass is 10.0. The van der Waals surface area contributed by atoms with E-state index in [0.717, 1.165) is 31.7 Å². The highest BCUT2D eigenvalue weighted by atomic mass is 16.2. The third kappa shape index (κ3) is 3.79. The molecule has 2 aliphatic heterocycles. The van der Waals surface area contributed by atoms with Crippen LogP contribution in [0.2, 0.25) is 0 Å². The van der Waals surface area contributed by atoms with Crippen molar-refractivity contribution in [2.75, 3.05) is 26.2 Å². The molecular formula is C20H30N4O2. The summed E-state index contributed by atoms with van der Waals surface area (Å²) in [5.74, 6) is 1.04. The molecule has 2 fully saturated rings. The van der Waals surface area contributed by atoms with E-state index in [-0.39, 0.29) is 11.8 Å². The van der Waals surface area contributed by atoms with Crippen molar-refractivity contribution in [1.29, 1.82) is 0 Å². The number of nitrogens with zero attached hydrogens (tertiary/aromatic N) is 4. The van der Waals surface area contributed by atoms with Gasteiger partial charge in [0.25, 0.3) is 5.91 Å². The van der Waals surface area contributed by atoms with Crippen molar-refractivity contribution in [1.82, 2.24) is 19.6 Å². The van der Waals surface area contributed by atoms with Gasteiger partial charge in [-0.25, -0.2) is 0 Å². The van der Waals surface area contributed by atoms with E-state index in [1.807, 2.05) is 20.5 Å². The summed E-state index contributed by atoms with van der Waals surface area (Å²) >= 11 is 0. The van der Waals surface area contributed by atoms with Crippen LogP contribution in [0.15, 0.2) is 6.07 Å². The Hall–Kier alpha value is -1.85. The van der Waals surface area contributed by atoms with Crippen molar-refractivity contribution in [2.45, 2.75) is 64.3 Å². The second-order valence-corrected chi connectivity index (χ2v) is 8.06. The zero-order valence-electron chi connectivity index (χ0n) is 15.7. The SMILES string of the molecule is O=C(CCC1CCCC1)N1CCN(C(=O)c2cc3n(n2)CCCC3)CC1. The minimum absolute atomic E-state index is 0.0185. The van der Waals surface area contributed by atoms with Crippen molar-refractivity contribution in [3.8, 4) is 0 Å². The van der Waals surface area contributed by atoms with E-state index in [2.05, 4.69) is 5.10 Å². The normalized spacial score (nSPS) is 21.1. The average Bonchev–Trinajstić information content (AvgIpc) is 3.35. The first-order valence-corrected chi connectivity index (χ1v) is 10.3. The molecule has 0 radical (unpaired) electrons. The molecule has 1 aromatic rings. The summed E-state index contributed by atoms with van der Waals surface area (Å²) in [5.41, 5.74) is 1.75. The number of carbonyl (C=O) groups is 2. The summed E-state index contributed by atoms with van der Waals surface area (Å²) in [5, 5.41) is 4.50. The second-order valence-electron chi connectivity index (χ2n) is 8.06. The third-order valence-electron chi connectivity index (χ3n) is 6.30. The minimum atomic E-state index is 0.0185. The standard InChI is InChI=1S/C20H30N4O2/c25-19(9-8-16-5-1-2-6-16)22-11-13-23(14-12-22)20(26)18-15-17-7-3-4-10-24(17)21-18/h15-16H,1-14H2. The fourth-order valence-electron chi connectivity index (χ4n) is 4.63. The lowest BCUT2D eigenvalue weighted by molar-refractivity contribution is -0.133. The van der Waals surface area contributed by atoms with Crippen molar-refractivity contribution in [2.24, 2.45) is 5.92 Å². The Morgan fingerprint density at radius 3 is 2.42 bits per heavy atom. The molecule has 26 heavy (non-hydrogen) atoms. The van der Waals surface area contributed by atoms with Gasteiger partial charge in [-0.2, -0.15) is 5.10 Å². The minimum Gasteiger partial charge on any atom is -0.339 e. The monoisotopic (exact) mass is 358 g/mol. The van der Waals surface area contributed by atoms with E-state index in [1.54, 1.807) is 0 Å². The Morgan fingerprint density at radius 2 is 1.69 bits per heavy atom. The molecule has 3 heterocycles. The molecule has 1 aliphatic carbocycles. The molecule has 1 saturated heterocycles. The maximum absolute atomic E-state index is 12.7. The van der Waals surface area contributed by atoms with Gasteiger partial charge < -0.3 is 9.80 Å². The van der Waals surface area contributed by atoms with E-state index in [9.17, 15) is 9.59 Å². The second kappa shape index (κ2) is 7.80. The zero-order valence-corrected chi connectivity index (χ0v) is 15.7. The molecule has 0 unspecified atom stereocenters. The molecular weight excluding hydrogens is 328 g/mol. The summed E-state index contributed by atoms with van der Waals surface area (Å²) in [4.78, 5) is 29.0. The molecule has 1 aromatic heterocycles. The van der Waals surface area contributed by atoms with Gasteiger partial charge in [0.05, 0.1) is 0 Å². The van der Waals surface area contributed by atoms with Gasteiger partial charge in [0.1, 0.15) is 0 Å². The van der Waals surface area contributed by atoms with Gasteiger partial charge >= 0.3 is 0 Å². The smallest absolute Gasteiger partial charge is 0.274 e. The van der Waals surface area contributed by atoms with Crippen LogP contribution < -0.4 is 0 Å². The van der Waals surface area contributed by atoms with E-state index >= 15 is 0 Å².